The van der Waals surface area contributed by atoms with Gasteiger partial charge in [0.05, 0.1) is 6.61 Å². The van der Waals surface area contributed by atoms with Gasteiger partial charge in [-0.25, -0.2) is 4.79 Å². The minimum Gasteiger partial charge on any atom is -0.464 e. The lowest BCUT2D eigenvalue weighted by Gasteiger charge is -2.48. The smallest absolute Gasteiger partial charge is 0.328 e. The lowest BCUT2D eigenvalue weighted by atomic mass is 9.89. The first-order chi connectivity index (χ1) is 15.0. The van der Waals surface area contributed by atoms with Gasteiger partial charge in [0.1, 0.15) is 18.1 Å². The molecule has 31 heavy (non-hydrogen) atoms. The van der Waals surface area contributed by atoms with Crippen molar-refractivity contribution in [2.45, 2.75) is 57.8 Å². The number of hydrogen-bond acceptors (Lipinski definition) is 4. The summed E-state index contributed by atoms with van der Waals surface area (Å²) in [6.45, 7) is 4.12. The molecule has 0 aliphatic carbocycles. The van der Waals surface area contributed by atoms with E-state index in [-0.39, 0.29) is 18.4 Å². The number of fused-ring (bicyclic) bond motifs is 2. The number of piperazine rings is 1. The van der Waals surface area contributed by atoms with Crippen molar-refractivity contribution in [3.63, 3.8) is 0 Å². The minimum absolute atomic E-state index is 0.117. The van der Waals surface area contributed by atoms with E-state index in [1.807, 2.05) is 54.6 Å². The van der Waals surface area contributed by atoms with E-state index >= 15 is 0 Å². The number of benzene rings is 2. The summed E-state index contributed by atoms with van der Waals surface area (Å²) in [5, 5.41) is 0. The van der Waals surface area contributed by atoms with Crippen LogP contribution >= 0.6 is 0 Å². The summed E-state index contributed by atoms with van der Waals surface area (Å²) in [7, 11) is 0. The molecule has 2 aliphatic rings. The average molecular weight is 421 g/mol. The molecule has 162 valence electrons. The van der Waals surface area contributed by atoms with Crippen LogP contribution in [0.1, 0.15) is 37.0 Å². The number of amides is 2. The van der Waals surface area contributed by atoms with Gasteiger partial charge < -0.3 is 14.5 Å². The fourth-order valence-electron chi connectivity index (χ4n) is 4.68. The third-order valence-corrected chi connectivity index (χ3v) is 6.29. The minimum atomic E-state index is -0.786. The topological polar surface area (TPSA) is 66.9 Å². The molecule has 2 aliphatic heterocycles. The Balaban J connectivity index is 1.62. The maximum absolute atomic E-state index is 13.6. The predicted octanol–water partition coefficient (Wildman–Crippen LogP) is 2.74. The molecule has 2 amide bonds. The molecule has 2 aromatic carbocycles. The second-order valence-corrected chi connectivity index (χ2v) is 8.17. The van der Waals surface area contributed by atoms with Crippen LogP contribution in [0.2, 0.25) is 0 Å². The van der Waals surface area contributed by atoms with Crippen molar-refractivity contribution in [2.24, 2.45) is 0 Å². The van der Waals surface area contributed by atoms with Crippen LogP contribution in [-0.4, -0.2) is 52.3 Å². The maximum atomic E-state index is 13.6. The third-order valence-electron chi connectivity index (χ3n) is 6.29. The highest BCUT2D eigenvalue weighted by Crippen LogP contribution is 2.31. The Bertz CT molecular complexity index is 974. The van der Waals surface area contributed by atoms with E-state index in [0.29, 0.717) is 25.8 Å². The van der Waals surface area contributed by atoms with E-state index in [1.54, 1.807) is 18.7 Å². The van der Waals surface area contributed by atoms with Gasteiger partial charge in [-0.2, -0.15) is 0 Å². The summed E-state index contributed by atoms with van der Waals surface area (Å²) in [4.78, 5) is 42.9. The molecule has 0 spiro atoms. The first kappa shape index (κ1) is 21.1. The van der Waals surface area contributed by atoms with Gasteiger partial charge in [0.25, 0.3) is 0 Å². The van der Waals surface area contributed by atoms with Gasteiger partial charge >= 0.3 is 5.97 Å². The molecule has 6 heteroatoms. The number of nitrogens with zero attached hydrogens (tertiary/aromatic N) is 2. The first-order valence-corrected chi connectivity index (χ1v) is 10.9. The van der Waals surface area contributed by atoms with E-state index in [2.05, 4.69) is 0 Å². The lowest BCUT2D eigenvalue weighted by Crippen LogP contribution is -2.68. The van der Waals surface area contributed by atoms with Crippen molar-refractivity contribution in [1.29, 1.82) is 0 Å². The third kappa shape index (κ3) is 4.07. The zero-order chi connectivity index (χ0) is 22.0. The van der Waals surface area contributed by atoms with Crippen LogP contribution in [0.15, 0.2) is 54.6 Å². The van der Waals surface area contributed by atoms with Crippen molar-refractivity contribution < 1.29 is 19.1 Å². The SMILES string of the molecule is CCOC(=O)[C@H](CCc1ccccc1)N1C(=O)[C@@H]2Cc3ccccc3CN2C(=O)[C@@H]1C. The van der Waals surface area contributed by atoms with Crippen LogP contribution in [0, 0.1) is 0 Å². The van der Waals surface area contributed by atoms with Crippen LogP contribution in [0.4, 0.5) is 0 Å². The molecule has 0 radical (unpaired) electrons. The average Bonchev–Trinajstić information content (AvgIpc) is 2.79. The number of aryl methyl sites for hydroxylation is 1. The van der Waals surface area contributed by atoms with Crippen molar-refractivity contribution >= 4 is 17.8 Å². The number of ether oxygens (including phenoxy) is 1. The fraction of sp³-hybridized carbons (Fsp3) is 0.400. The largest absolute Gasteiger partial charge is 0.464 e. The molecule has 0 N–H and O–H groups in total. The molecular weight excluding hydrogens is 392 g/mol. The number of carbonyl (C=O) groups excluding carboxylic acids is 3. The van der Waals surface area contributed by atoms with Crippen LogP contribution in [0.3, 0.4) is 0 Å². The zero-order valence-corrected chi connectivity index (χ0v) is 18.0. The van der Waals surface area contributed by atoms with Crippen LogP contribution < -0.4 is 0 Å². The number of rotatable bonds is 6. The van der Waals surface area contributed by atoms with Gasteiger partial charge in [-0.3, -0.25) is 9.59 Å². The van der Waals surface area contributed by atoms with Crippen molar-refractivity contribution in [1.82, 2.24) is 9.80 Å². The molecule has 3 atom stereocenters. The standard InChI is InChI=1S/C25H28N2O4/c1-3-31-25(30)21(14-13-18-9-5-4-6-10-18)27-17(2)23(28)26-16-20-12-8-7-11-19(20)15-22(26)24(27)29/h4-12,17,21-22H,3,13-16H2,1-2H3/t17-,21-,22-/m0/s1. The molecular formula is C25H28N2O4. The predicted molar refractivity (Wildman–Crippen MR) is 116 cm³/mol. The molecule has 0 bridgehead atoms. The van der Waals surface area contributed by atoms with Gasteiger partial charge in [-0.05, 0) is 43.4 Å². The summed E-state index contributed by atoms with van der Waals surface area (Å²) < 4.78 is 5.31. The monoisotopic (exact) mass is 420 g/mol. The van der Waals surface area contributed by atoms with Crippen molar-refractivity contribution in [3.8, 4) is 0 Å². The summed E-state index contributed by atoms with van der Waals surface area (Å²) in [5.74, 6) is -0.739. The van der Waals surface area contributed by atoms with E-state index in [1.165, 1.54) is 4.90 Å². The number of hydrogen-bond donors (Lipinski definition) is 0. The van der Waals surface area contributed by atoms with Crippen molar-refractivity contribution in [3.05, 3.63) is 71.3 Å². The summed E-state index contributed by atoms with van der Waals surface area (Å²) in [6.07, 6.45) is 1.50. The van der Waals surface area contributed by atoms with Gasteiger partial charge in [0, 0.05) is 13.0 Å². The second-order valence-electron chi connectivity index (χ2n) is 8.17. The van der Waals surface area contributed by atoms with Gasteiger partial charge in [0.15, 0.2) is 0 Å². The molecule has 0 unspecified atom stereocenters. The molecule has 1 fully saturated rings. The number of esters is 1. The van der Waals surface area contributed by atoms with Gasteiger partial charge in [-0.15, -0.1) is 0 Å². The van der Waals surface area contributed by atoms with E-state index in [9.17, 15) is 14.4 Å². The molecule has 4 rings (SSSR count). The quantitative estimate of drug-likeness (QED) is 0.674. The van der Waals surface area contributed by atoms with E-state index in [4.69, 9.17) is 4.74 Å². The molecule has 2 aromatic rings. The summed E-state index contributed by atoms with van der Waals surface area (Å²) in [6, 6.07) is 15.7. The molecule has 0 aromatic heterocycles. The fourth-order valence-corrected chi connectivity index (χ4v) is 4.68. The van der Waals surface area contributed by atoms with Crippen molar-refractivity contribution in [2.75, 3.05) is 6.61 Å². The Morgan fingerprint density at radius 2 is 1.71 bits per heavy atom. The Labute approximate surface area is 182 Å². The van der Waals surface area contributed by atoms with Crippen LogP contribution in [0.5, 0.6) is 0 Å². The summed E-state index contributed by atoms with van der Waals surface area (Å²) in [5.41, 5.74) is 3.23. The highest BCUT2D eigenvalue weighted by Gasteiger charge is 2.49. The van der Waals surface area contributed by atoms with E-state index < -0.39 is 24.1 Å². The Kier molecular flexibility index (Phi) is 6.07. The van der Waals surface area contributed by atoms with Gasteiger partial charge in [-0.1, -0.05) is 54.6 Å². The normalized spacial score (nSPS) is 21.4. The van der Waals surface area contributed by atoms with Crippen LogP contribution in [0.25, 0.3) is 0 Å². The molecule has 1 saturated heterocycles. The second kappa shape index (κ2) is 8.92. The highest BCUT2D eigenvalue weighted by molar-refractivity contribution is 5.99. The lowest BCUT2D eigenvalue weighted by molar-refractivity contribution is -0.171. The molecule has 0 saturated carbocycles. The Hall–Kier alpha value is -3.15. The maximum Gasteiger partial charge on any atom is 0.328 e. The number of carbonyl (C=O) groups is 3. The first-order valence-electron chi connectivity index (χ1n) is 10.9. The zero-order valence-electron chi connectivity index (χ0n) is 18.0. The van der Waals surface area contributed by atoms with Crippen LogP contribution in [-0.2, 0) is 38.5 Å². The summed E-state index contributed by atoms with van der Waals surface area (Å²) >= 11 is 0. The Morgan fingerprint density at radius 1 is 1.03 bits per heavy atom. The molecule has 2 heterocycles. The van der Waals surface area contributed by atoms with Gasteiger partial charge in [0.2, 0.25) is 11.8 Å². The highest BCUT2D eigenvalue weighted by atomic mass is 16.5. The molecule has 6 nitrogen and oxygen atoms in total. The Morgan fingerprint density at radius 3 is 2.42 bits per heavy atom. The van der Waals surface area contributed by atoms with E-state index in [0.717, 1.165) is 16.7 Å².